The molecule has 0 aliphatic heterocycles. The number of hydrogen-bond acceptors (Lipinski definition) is 3. The van der Waals surface area contributed by atoms with Crippen LogP contribution < -0.4 is 4.74 Å². The molecule has 0 amide bonds. The van der Waals surface area contributed by atoms with Crippen LogP contribution in [0.15, 0.2) is 54.6 Å². The molecule has 0 N–H and O–H groups in total. The molecule has 0 aliphatic rings. The fraction of sp³-hybridized carbons (Fsp3) is 0.333. The van der Waals surface area contributed by atoms with Gasteiger partial charge in [-0.1, -0.05) is 69.2 Å². The highest BCUT2D eigenvalue weighted by Crippen LogP contribution is 2.22. The second kappa shape index (κ2) is 11.1. The topological polar surface area (TPSA) is 43.4 Å². The zero-order chi connectivity index (χ0) is 19.5. The van der Waals surface area contributed by atoms with E-state index in [1.807, 2.05) is 37.3 Å². The lowest BCUT2D eigenvalue weighted by Crippen LogP contribution is -2.04. The predicted molar refractivity (Wildman–Crippen MR) is 111 cm³/mol. The van der Waals surface area contributed by atoms with Gasteiger partial charge in [0.2, 0.25) is 0 Å². The zero-order valence-corrected chi connectivity index (χ0v) is 16.2. The van der Waals surface area contributed by atoms with E-state index in [4.69, 9.17) is 4.74 Å². The van der Waals surface area contributed by atoms with Crippen molar-refractivity contribution in [3.05, 3.63) is 71.3 Å². The second-order valence-electron chi connectivity index (χ2n) is 6.54. The Kier molecular flexibility index (Phi) is 8.50. The molecule has 2 rings (SSSR count). The van der Waals surface area contributed by atoms with Crippen molar-refractivity contribution in [3.63, 3.8) is 0 Å². The van der Waals surface area contributed by atoms with Crippen LogP contribution >= 0.6 is 0 Å². The number of ketones is 2. The van der Waals surface area contributed by atoms with E-state index in [2.05, 4.69) is 6.92 Å². The SMILES string of the molecule is CCCCCOc1ccc(C=CC(=O)c2ccccc2)c(C(=O)CCC)c1. The van der Waals surface area contributed by atoms with Crippen LogP contribution in [0.5, 0.6) is 5.75 Å². The first-order valence-corrected chi connectivity index (χ1v) is 9.73. The normalized spacial score (nSPS) is 10.9. The Morgan fingerprint density at radius 3 is 2.44 bits per heavy atom. The third-order valence-electron chi connectivity index (χ3n) is 4.29. The van der Waals surface area contributed by atoms with Gasteiger partial charge < -0.3 is 4.74 Å². The van der Waals surface area contributed by atoms with E-state index >= 15 is 0 Å². The molecule has 142 valence electrons. The highest BCUT2D eigenvalue weighted by atomic mass is 16.5. The summed E-state index contributed by atoms with van der Waals surface area (Å²) in [5.74, 6) is 0.699. The van der Waals surface area contributed by atoms with Crippen molar-refractivity contribution in [2.24, 2.45) is 0 Å². The lowest BCUT2D eigenvalue weighted by molar-refractivity contribution is 0.0979. The quantitative estimate of drug-likeness (QED) is 0.273. The standard InChI is InChI=1S/C24H28O3/c1-3-5-9-17-27-21-15-13-19(22(18-21)24(26)10-4-2)14-16-23(25)20-11-7-6-8-12-20/h6-8,11-16,18H,3-5,9-10,17H2,1-2H3. The van der Waals surface area contributed by atoms with Gasteiger partial charge in [0, 0.05) is 17.5 Å². The molecule has 2 aromatic rings. The van der Waals surface area contributed by atoms with E-state index < -0.39 is 0 Å². The van der Waals surface area contributed by atoms with Gasteiger partial charge in [0.05, 0.1) is 6.61 Å². The Morgan fingerprint density at radius 1 is 0.963 bits per heavy atom. The van der Waals surface area contributed by atoms with Gasteiger partial charge in [0.15, 0.2) is 11.6 Å². The average molecular weight is 364 g/mol. The summed E-state index contributed by atoms with van der Waals surface area (Å²) >= 11 is 0. The van der Waals surface area contributed by atoms with Gasteiger partial charge in [0.25, 0.3) is 0 Å². The molecule has 0 fully saturated rings. The number of ether oxygens (including phenoxy) is 1. The number of unbranched alkanes of at least 4 members (excludes halogenated alkanes) is 2. The van der Waals surface area contributed by atoms with Crippen molar-refractivity contribution in [1.29, 1.82) is 0 Å². The van der Waals surface area contributed by atoms with Crippen molar-refractivity contribution in [3.8, 4) is 5.75 Å². The molecule has 0 radical (unpaired) electrons. The van der Waals surface area contributed by atoms with E-state index in [0.29, 0.717) is 29.9 Å². The third kappa shape index (κ3) is 6.52. The Balaban J connectivity index is 2.19. The number of carbonyl (C=O) groups is 2. The Bertz CT molecular complexity index is 775. The first kappa shape index (κ1) is 20.6. The van der Waals surface area contributed by atoms with Crippen molar-refractivity contribution in [2.45, 2.75) is 46.0 Å². The van der Waals surface area contributed by atoms with Gasteiger partial charge >= 0.3 is 0 Å². The second-order valence-corrected chi connectivity index (χ2v) is 6.54. The Labute approximate surface area is 162 Å². The van der Waals surface area contributed by atoms with E-state index in [1.54, 1.807) is 24.3 Å². The largest absolute Gasteiger partial charge is 0.494 e. The average Bonchev–Trinajstić information content (AvgIpc) is 2.70. The van der Waals surface area contributed by atoms with E-state index in [0.717, 1.165) is 31.2 Å². The fourth-order valence-electron chi connectivity index (χ4n) is 2.78. The third-order valence-corrected chi connectivity index (χ3v) is 4.29. The zero-order valence-electron chi connectivity index (χ0n) is 16.2. The van der Waals surface area contributed by atoms with Crippen LogP contribution in [0.2, 0.25) is 0 Å². The molecule has 0 spiro atoms. The molecular weight excluding hydrogens is 336 g/mol. The maximum absolute atomic E-state index is 12.5. The maximum atomic E-state index is 12.5. The first-order valence-electron chi connectivity index (χ1n) is 9.73. The minimum Gasteiger partial charge on any atom is -0.494 e. The van der Waals surface area contributed by atoms with Crippen LogP contribution in [-0.2, 0) is 0 Å². The Morgan fingerprint density at radius 2 is 1.74 bits per heavy atom. The highest BCUT2D eigenvalue weighted by Gasteiger charge is 2.11. The highest BCUT2D eigenvalue weighted by molar-refractivity contribution is 6.08. The van der Waals surface area contributed by atoms with Crippen LogP contribution in [0.25, 0.3) is 6.08 Å². The fourth-order valence-corrected chi connectivity index (χ4v) is 2.78. The van der Waals surface area contributed by atoms with Gasteiger partial charge in [-0.3, -0.25) is 9.59 Å². The number of hydrogen-bond donors (Lipinski definition) is 0. The van der Waals surface area contributed by atoms with E-state index in [-0.39, 0.29) is 11.6 Å². The van der Waals surface area contributed by atoms with Gasteiger partial charge in [-0.2, -0.15) is 0 Å². The molecule has 27 heavy (non-hydrogen) atoms. The summed E-state index contributed by atoms with van der Waals surface area (Å²) in [6.45, 7) is 4.79. The van der Waals surface area contributed by atoms with Gasteiger partial charge in [-0.05, 0) is 36.6 Å². The monoisotopic (exact) mass is 364 g/mol. The summed E-state index contributed by atoms with van der Waals surface area (Å²) < 4.78 is 5.78. The van der Waals surface area contributed by atoms with Crippen molar-refractivity contribution in [2.75, 3.05) is 6.61 Å². The molecule has 0 bridgehead atoms. The Hall–Kier alpha value is -2.68. The summed E-state index contributed by atoms with van der Waals surface area (Å²) in [6.07, 6.45) is 7.78. The van der Waals surface area contributed by atoms with Crippen LogP contribution in [0.4, 0.5) is 0 Å². The molecular formula is C24H28O3. The summed E-state index contributed by atoms with van der Waals surface area (Å²) in [5.41, 5.74) is 1.99. The number of benzene rings is 2. The van der Waals surface area contributed by atoms with Gasteiger partial charge in [-0.15, -0.1) is 0 Å². The molecule has 2 aromatic carbocycles. The minimum absolute atomic E-state index is 0.0725. The summed E-state index contributed by atoms with van der Waals surface area (Å²) in [4.78, 5) is 24.8. The first-order chi connectivity index (χ1) is 13.2. The van der Waals surface area contributed by atoms with Crippen LogP contribution in [0.1, 0.15) is 72.2 Å². The smallest absolute Gasteiger partial charge is 0.185 e. The van der Waals surface area contributed by atoms with Crippen molar-refractivity contribution in [1.82, 2.24) is 0 Å². The minimum atomic E-state index is -0.0793. The van der Waals surface area contributed by atoms with E-state index in [9.17, 15) is 9.59 Å². The molecule has 3 nitrogen and oxygen atoms in total. The van der Waals surface area contributed by atoms with Crippen LogP contribution in [0.3, 0.4) is 0 Å². The van der Waals surface area contributed by atoms with E-state index in [1.165, 1.54) is 6.08 Å². The lowest BCUT2D eigenvalue weighted by Gasteiger charge is -2.10. The van der Waals surface area contributed by atoms with Crippen LogP contribution in [0, 0.1) is 0 Å². The maximum Gasteiger partial charge on any atom is 0.185 e. The molecule has 0 aromatic heterocycles. The number of allylic oxidation sites excluding steroid dienone is 1. The number of rotatable bonds is 11. The summed E-state index contributed by atoms with van der Waals surface area (Å²) in [7, 11) is 0. The molecule has 3 heteroatoms. The number of Topliss-reactive ketones (excluding diaryl/α,β-unsaturated/α-hetero) is 1. The van der Waals surface area contributed by atoms with Crippen molar-refractivity contribution >= 4 is 17.6 Å². The van der Waals surface area contributed by atoms with Gasteiger partial charge in [-0.25, -0.2) is 0 Å². The predicted octanol–water partition coefficient (Wildman–Crippen LogP) is 6.13. The summed E-state index contributed by atoms with van der Waals surface area (Å²) in [6, 6.07) is 14.6. The molecule has 0 unspecified atom stereocenters. The lowest BCUT2D eigenvalue weighted by atomic mass is 9.99. The molecule has 0 atom stereocenters. The molecule has 0 aliphatic carbocycles. The van der Waals surface area contributed by atoms with Gasteiger partial charge in [0.1, 0.15) is 5.75 Å². The number of carbonyl (C=O) groups excluding carboxylic acids is 2. The van der Waals surface area contributed by atoms with Crippen LogP contribution in [-0.4, -0.2) is 18.2 Å². The summed E-state index contributed by atoms with van der Waals surface area (Å²) in [5, 5.41) is 0. The molecule has 0 saturated carbocycles. The molecule has 0 heterocycles. The molecule has 0 saturated heterocycles. The van der Waals surface area contributed by atoms with Crippen molar-refractivity contribution < 1.29 is 14.3 Å².